The summed E-state index contributed by atoms with van der Waals surface area (Å²) in [5, 5.41) is 30.2. The fraction of sp³-hybridized carbons (Fsp3) is 0.762. The highest BCUT2D eigenvalue weighted by molar-refractivity contribution is 5.75. The van der Waals surface area contributed by atoms with Gasteiger partial charge in [-0.1, -0.05) is 6.08 Å². The summed E-state index contributed by atoms with van der Waals surface area (Å²) in [4.78, 5) is 33.5. The van der Waals surface area contributed by atoms with Crippen LogP contribution in [-0.2, 0) is 14.4 Å². The summed E-state index contributed by atoms with van der Waals surface area (Å²) in [5.41, 5.74) is 0. The fourth-order valence-corrected chi connectivity index (χ4v) is 3.42. The van der Waals surface area contributed by atoms with Gasteiger partial charge in [-0.3, -0.25) is 14.4 Å². The molecule has 0 unspecified atom stereocenters. The van der Waals surface area contributed by atoms with E-state index in [-0.39, 0.29) is 25.4 Å². The summed E-state index contributed by atoms with van der Waals surface area (Å²) in [6.07, 6.45) is 7.74. The smallest absolute Gasteiger partial charge is 0.303 e. The third-order valence-corrected chi connectivity index (χ3v) is 5.09. The molecule has 0 aromatic rings. The van der Waals surface area contributed by atoms with Crippen LogP contribution in [0.3, 0.4) is 0 Å². The van der Waals surface area contributed by atoms with E-state index < -0.39 is 11.9 Å². The highest BCUT2D eigenvalue weighted by Crippen LogP contribution is 2.14. The molecule has 0 spiro atoms. The first-order valence-electron chi connectivity index (χ1n) is 10.6. The zero-order chi connectivity index (χ0) is 22.0. The molecule has 0 atom stereocenters. The predicted octanol–water partition coefficient (Wildman–Crippen LogP) is 2.17. The van der Waals surface area contributed by atoms with E-state index in [1.54, 1.807) is 0 Å². The number of hydrogen-bond donors (Lipinski definition) is 4. The van der Waals surface area contributed by atoms with Crippen LogP contribution in [0.1, 0.15) is 64.2 Å². The van der Waals surface area contributed by atoms with Crippen molar-refractivity contribution >= 4 is 17.8 Å². The quantitative estimate of drug-likeness (QED) is 0.137. The summed E-state index contributed by atoms with van der Waals surface area (Å²) < 4.78 is 0.562. The SMILES string of the molecule is C=CCCCCC(=O)NCC[N+](CCO)(CCCCC(=O)O)CCCCC(=O)O. The highest BCUT2D eigenvalue weighted by Gasteiger charge is 2.26. The lowest BCUT2D eigenvalue weighted by atomic mass is 10.1. The molecule has 0 bridgehead atoms. The van der Waals surface area contributed by atoms with Gasteiger partial charge in [0.15, 0.2) is 0 Å². The number of allylic oxidation sites excluding steroid dienone is 1. The van der Waals surface area contributed by atoms with Crippen molar-refractivity contribution in [2.45, 2.75) is 64.2 Å². The number of carbonyl (C=O) groups excluding carboxylic acids is 1. The molecule has 0 aliphatic rings. The Morgan fingerprint density at radius 1 is 0.793 bits per heavy atom. The molecule has 8 nitrogen and oxygen atoms in total. The zero-order valence-corrected chi connectivity index (χ0v) is 17.6. The van der Waals surface area contributed by atoms with Crippen molar-refractivity contribution in [1.29, 1.82) is 0 Å². The van der Waals surface area contributed by atoms with Crippen molar-refractivity contribution in [2.75, 3.05) is 39.3 Å². The number of carboxylic acid groups (broad SMARTS) is 2. The van der Waals surface area contributed by atoms with Crippen molar-refractivity contribution in [3.05, 3.63) is 12.7 Å². The normalized spacial score (nSPS) is 11.2. The summed E-state index contributed by atoms with van der Waals surface area (Å²) >= 11 is 0. The maximum absolute atomic E-state index is 12.0. The van der Waals surface area contributed by atoms with Gasteiger partial charge in [-0.25, -0.2) is 0 Å². The summed E-state index contributed by atoms with van der Waals surface area (Å²) in [7, 11) is 0. The van der Waals surface area contributed by atoms with E-state index in [2.05, 4.69) is 11.9 Å². The molecule has 0 radical (unpaired) electrons. The lowest BCUT2D eigenvalue weighted by molar-refractivity contribution is -0.927. The topological polar surface area (TPSA) is 124 Å². The van der Waals surface area contributed by atoms with Crippen LogP contribution in [0.4, 0.5) is 0 Å². The molecular weight excluding hydrogens is 376 g/mol. The van der Waals surface area contributed by atoms with Gasteiger partial charge in [0, 0.05) is 19.3 Å². The second-order valence-electron chi connectivity index (χ2n) is 7.55. The van der Waals surface area contributed by atoms with Crippen LogP contribution in [0.25, 0.3) is 0 Å². The van der Waals surface area contributed by atoms with E-state index in [9.17, 15) is 19.5 Å². The molecule has 0 aliphatic carbocycles. The second-order valence-corrected chi connectivity index (χ2v) is 7.55. The zero-order valence-electron chi connectivity index (χ0n) is 17.6. The van der Waals surface area contributed by atoms with Gasteiger partial charge in [0.25, 0.3) is 0 Å². The average Bonchev–Trinajstić information content (AvgIpc) is 2.66. The average molecular weight is 416 g/mol. The van der Waals surface area contributed by atoms with Crippen molar-refractivity contribution in [3.8, 4) is 0 Å². The van der Waals surface area contributed by atoms with Crippen LogP contribution < -0.4 is 5.32 Å². The van der Waals surface area contributed by atoms with E-state index in [1.165, 1.54) is 0 Å². The van der Waals surface area contributed by atoms with Crippen LogP contribution in [0.2, 0.25) is 0 Å². The number of hydrogen-bond acceptors (Lipinski definition) is 4. The molecule has 168 valence electrons. The molecule has 0 heterocycles. The molecule has 4 N–H and O–H groups in total. The molecule has 0 aliphatic heterocycles. The lowest BCUT2D eigenvalue weighted by Crippen LogP contribution is -2.54. The first-order chi connectivity index (χ1) is 13.8. The number of aliphatic hydroxyl groups is 1. The van der Waals surface area contributed by atoms with E-state index in [0.717, 1.165) is 19.3 Å². The van der Waals surface area contributed by atoms with E-state index in [1.807, 2.05) is 6.08 Å². The third-order valence-electron chi connectivity index (χ3n) is 5.09. The van der Waals surface area contributed by atoms with Gasteiger partial charge in [-0.15, -0.1) is 6.58 Å². The molecule has 29 heavy (non-hydrogen) atoms. The van der Waals surface area contributed by atoms with Crippen molar-refractivity contribution in [1.82, 2.24) is 5.32 Å². The number of aliphatic carboxylic acids is 2. The number of rotatable bonds is 20. The Morgan fingerprint density at radius 2 is 1.34 bits per heavy atom. The molecular formula is C21H39N2O6+. The molecule has 0 saturated heterocycles. The lowest BCUT2D eigenvalue weighted by Gasteiger charge is -2.39. The Kier molecular flexibility index (Phi) is 15.8. The fourth-order valence-electron chi connectivity index (χ4n) is 3.42. The minimum atomic E-state index is -0.824. The van der Waals surface area contributed by atoms with Gasteiger partial charge in [-0.05, 0) is 44.9 Å². The monoisotopic (exact) mass is 415 g/mol. The standard InChI is InChI=1S/C21H38N2O6/c1-2-3-4-5-10-19(25)22-13-16-23(17-18-24,14-8-6-11-20(26)27)15-9-7-12-21(28)29/h2,24H,1,3-18H2,(H2-,22,25,26,27,28,29)/p+1. The number of carbonyl (C=O) groups is 3. The van der Waals surface area contributed by atoms with Crippen LogP contribution >= 0.6 is 0 Å². The number of quaternary nitrogens is 1. The molecule has 0 aromatic carbocycles. The number of aliphatic hydroxyl groups excluding tert-OH is 1. The number of nitrogens with zero attached hydrogens (tertiary/aromatic N) is 1. The maximum atomic E-state index is 12.0. The van der Waals surface area contributed by atoms with Gasteiger partial charge in [0.05, 0.1) is 32.8 Å². The highest BCUT2D eigenvalue weighted by atomic mass is 16.4. The second kappa shape index (κ2) is 17.0. The summed E-state index contributed by atoms with van der Waals surface area (Å²) in [6.45, 7) is 6.70. The van der Waals surface area contributed by atoms with Crippen molar-refractivity contribution in [2.24, 2.45) is 0 Å². The summed E-state index contributed by atoms with van der Waals surface area (Å²) in [5.74, 6) is -1.64. The number of nitrogens with one attached hydrogen (secondary N) is 1. The van der Waals surface area contributed by atoms with Crippen LogP contribution in [-0.4, -0.2) is 77.0 Å². The molecule has 0 fully saturated rings. The number of unbranched alkanes of at least 4 members (excludes halogenated alkanes) is 4. The molecule has 1 amide bonds. The van der Waals surface area contributed by atoms with E-state index in [4.69, 9.17) is 10.2 Å². The first-order valence-corrected chi connectivity index (χ1v) is 10.6. The molecule has 0 aromatic heterocycles. The Labute approximate surface area is 174 Å². The summed E-state index contributed by atoms with van der Waals surface area (Å²) in [6, 6.07) is 0. The Hall–Kier alpha value is -1.93. The number of carboxylic acids is 2. The largest absolute Gasteiger partial charge is 0.481 e. The Bertz CT molecular complexity index is 474. The van der Waals surface area contributed by atoms with Crippen LogP contribution in [0.5, 0.6) is 0 Å². The Balaban J connectivity index is 4.65. The molecule has 0 saturated carbocycles. The van der Waals surface area contributed by atoms with Crippen molar-refractivity contribution in [3.63, 3.8) is 0 Å². The van der Waals surface area contributed by atoms with Gasteiger partial charge < -0.3 is 25.1 Å². The first kappa shape index (κ1) is 27.1. The van der Waals surface area contributed by atoms with Crippen molar-refractivity contribution < 1.29 is 34.2 Å². The van der Waals surface area contributed by atoms with Gasteiger partial charge in [0.2, 0.25) is 5.91 Å². The van der Waals surface area contributed by atoms with Gasteiger partial charge >= 0.3 is 11.9 Å². The minimum Gasteiger partial charge on any atom is -0.481 e. The predicted molar refractivity (Wildman–Crippen MR) is 111 cm³/mol. The van der Waals surface area contributed by atoms with E-state index >= 15 is 0 Å². The molecule has 0 rings (SSSR count). The van der Waals surface area contributed by atoms with Crippen LogP contribution in [0.15, 0.2) is 12.7 Å². The van der Waals surface area contributed by atoms with E-state index in [0.29, 0.717) is 69.3 Å². The third kappa shape index (κ3) is 15.6. The number of amides is 1. The molecule has 8 heteroatoms. The van der Waals surface area contributed by atoms with Gasteiger partial charge in [0.1, 0.15) is 6.54 Å². The Morgan fingerprint density at radius 3 is 1.83 bits per heavy atom. The van der Waals surface area contributed by atoms with Gasteiger partial charge in [-0.2, -0.15) is 0 Å². The van der Waals surface area contributed by atoms with Crippen LogP contribution in [0, 0.1) is 0 Å². The maximum Gasteiger partial charge on any atom is 0.303 e. The minimum absolute atomic E-state index is 0.00659.